The SMILES string of the molecule is CCCCN(C)C(=NC)NCCCCOc1ccc(F)cc1. The number of nitrogens with one attached hydrogen (secondary N) is 1. The molecule has 1 aromatic carbocycles. The fourth-order valence-corrected chi connectivity index (χ4v) is 2.03. The summed E-state index contributed by atoms with van der Waals surface area (Å²) in [6.45, 7) is 4.71. The minimum absolute atomic E-state index is 0.241. The average molecular weight is 309 g/mol. The predicted octanol–water partition coefficient (Wildman–Crippen LogP) is 3.29. The second-order valence-corrected chi connectivity index (χ2v) is 5.26. The zero-order chi connectivity index (χ0) is 16.2. The first kappa shape index (κ1) is 18.3. The van der Waals surface area contributed by atoms with Gasteiger partial charge >= 0.3 is 0 Å². The molecule has 1 rings (SSSR count). The first-order chi connectivity index (χ1) is 10.7. The highest BCUT2D eigenvalue weighted by molar-refractivity contribution is 5.79. The third-order valence-corrected chi connectivity index (χ3v) is 3.36. The molecule has 0 aliphatic carbocycles. The molecule has 4 nitrogen and oxygen atoms in total. The number of rotatable bonds is 9. The molecule has 0 aliphatic rings. The largest absolute Gasteiger partial charge is 0.494 e. The van der Waals surface area contributed by atoms with Crippen molar-refractivity contribution < 1.29 is 9.13 Å². The Hall–Kier alpha value is -1.78. The summed E-state index contributed by atoms with van der Waals surface area (Å²) in [5, 5.41) is 3.36. The van der Waals surface area contributed by atoms with Crippen LogP contribution in [0.1, 0.15) is 32.6 Å². The second-order valence-electron chi connectivity index (χ2n) is 5.26. The molecule has 0 unspecified atom stereocenters. The van der Waals surface area contributed by atoms with Crippen molar-refractivity contribution in [1.82, 2.24) is 10.2 Å². The van der Waals surface area contributed by atoms with Crippen molar-refractivity contribution >= 4 is 5.96 Å². The number of guanidine groups is 1. The first-order valence-electron chi connectivity index (χ1n) is 7.97. The van der Waals surface area contributed by atoms with Crippen molar-refractivity contribution in [2.75, 3.05) is 33.8 Å². The van der Waals surface area contributed by atoms with Crippen molar-refractivity contribution in [1.29, 1.82) is 0 Å². The summed E-state index contributed by atoms with van der Waals surface area (Å²) in [6.07, 6.45) is 4.30. The summed E-state index contributed by atoms with van der Waals surface area (Å²) in [7, 11) is 3.87. The number of hydrogen-bond acceptors (Lipinski definition) is 2. The molecule has 0 atom stereocenters. The smallest absolute Gasteiger partial charge is 0.193 e. The van der Waals surface area contributed by atoms with Crippen molar-refractivity contribution in [2.45, 2.75) is 32.6 Å². The standard InChI is InChI=1S/C17H28FN3O/c1-4-5-13-21(3)17(19-2)20-12-6-7-14-22-16-10-8-15(18)9-11-16/h8-11H,4-7,12-14H2,1-3H3,(H,19,20). The molecule has 124 valence electrons. The molecule has 0 radical (unpaired) electrons. The van der Waals surface area contributed by atoms with Crippen LogP contribution in [0.15, 0.2) is 29.3 Å². The lowest BCUT2D eigenvalue weighted by atomic mass is 10.3. The van der Waals surface area contributed by atoms with Crippen LogP contribution >= 0.6 is 0 Å². The van der Waals surface area contributed by atoms with E-state index in [2.05, 4.69) is 29.2 Å². The third-order valence-electron chi connectivity index (χ3n) is 3.36. The van der Waals surface area contributed by atoms with Gasteiger partial charge in [-0.2, -0.15) is 0 Å². The van der Waals surface area contributed by atoms with Crippen molar-refractivity contribution in [2.24, 2.45) is 4.99 Å². The molecular formula is C17H28FN3O. The fraction of sp³-hybridized carbons (Fsp3) is 0.588. The molecule has 1 N–H and O–H groups in total. The summed E-state index contributed by atoms with van der Waals surface area (Å²) in [4.78, 5) is 6.43. The maximum atomic E-state index is 12.7. The maximum absolute atomic E-state index is 12.7. The maximum Gasteiger partial charge on any atom is 0.193 e. The highest BCUT2D eigenvalue weighted by Crippen LogP contribution is 2.11. The molecule has 0 aromatic heterocycles. The Kier molecular flexibility index (Phi) is 9.03. The molecule has 0 fully saturated rings. The van der Waals surface area contributed by atoms with Gasteiger partial charge in [-0.25, -0.2) is 4.39 Å². The highest BCUT2D eigenvalue weighted by atomic mass is 19.1. The Labute approximate surface area is 133 Å². The highest BCUT2D eigenvalue weighted by Gasteiger charge is 2.03. The summed E-state index contributed by atoms with van der Waals surface area (Å²) in [6, 6.07) is 6.12. The molecule has 0 spiro atoms. The van der Waals surface area contributed by atoms with E-state index in [9.17, 15) is 4.39 Å². The van der Waals surface area contributed by atoms with E-state index in [1.807, 2.05) is 7.05 Å². The summed E-state index contributed by atoms with van der Waals surface area (Å²) >= 11 is 0. The van der Waals surface area contributed by atoms with Gasteiger partial charge < -0.3 is 15.0 Å². The number of aliphatic imine (C=N–C) groups is 1. The van der Waals surface area contributed by atoms with E-state index in [4.69, 9.17) is 4.74 Å². The molecule has 5 heteroatoms. The Bertz CT molecular complexity index is 434. The molecule has 0 aliphatic heterocycles. The lowest BCUT2D eigenvalue weighted by Gasteiger charge is -2.21. The zero-order valence-electron chi connectivity index (χ0n) is 13.9. The fourth-order valence-electron chi connectivity index (χ4n) is 2.03. The Morgan fingerprint density at radius 3 is 2.59 bits per heavy atom. The number of nitrogens with zero attached hydrogens (tertiary/aromatic N) is 2. The van der Waals surface area contributed by atoms with Gasteiger partial charge in [-0.1, -0.05) is 13.3 Å². The summed E-state index contributed by atoms with van der Waals surface area (Å²) in [5.74, 6) is 1.41. The van der Waals surface area contributed by atoms with Crippen LogP contribution in [0.25, 0.3) is 0 Å². The van der Waals surface area contributed by atoms with Crippen molar-refractivity contribution in [3.05, 3.63) is 30.1 Å². The van der Waals surface area contributed by atoms with E-state index in [1.54, 1.807) is 12.1 Å². The lowest BCUT2D eigenvalue weighted by molar-refractivity contribution is 0.306. The number of benzene rings is 1. The molecule has 0 saturated heterocycles. The van der Waals surface area contributed by atoms with Gasteiger partial charge in [0.1, 0.15) is 11.6 Å². The number of ether oxygens (including phenoxy) is 1. The second kappa shape index (κ2) is 10.9. The van der Waals surface area contributed by atoms with E-state index >= 15 is 0 Å². The van der Waals surface area contributed by atoms with Gasteiger partial charge in [-0.15, -0.1) is 0 Å². The van der Waals surface area contributed by atoms with Gasteiger partial charge in [-0.3, -0.25) is 4.99 Å². The van der Waals surface area contributed by atoms with Crippen LogP contribution in [0.3, 0.4) is 0 Å². The molecule has 0 amide bonds. The number of hydrogen-bond donors (Lipinski definition) is 1. The van der Waals surface area contributed by atoms with Gasteiger partial charge in [0.2, 0.25) is 0 Å². The number of halogens is 1. The van der Waals surface area contributed by atoms with Crippen molar-refractivity contribution in [3.63, 3.8) is 0 Å². The van der Waals surface area contributed by atoms with E-state index in [0.29, 0.717) is 12.4 Å². The van der Waals surface area contributed by atoms with Crippen molar-refractivity contribution in [3.8, 4) is 5.75 Å². The average Bonchev–Trinajstić information content (AvgIpc) is 2.53. The van der Waals surface area contributed by atoms with Crippen LogP contribution in [0, 0.1) is 5.82 Å². The Morgan fingerprint density at radius 1 is 1.23 bits per heavy atom. The molecule has 22 heavy (non-hydrogen) atoms. The first-order valence-corrected chi connectivity index (χ1v) is 7.97. The van der Waals surface area contributed by atoms with Gasteiger partial charge in [-0.05, 0) is 43.5 Å². The van der Waals surface area contributed by atoms with E-state index in [0.717, 1.165) is 31.9 Å². The number of unbranched alkanes of at least 4 members (excludes halogenated alkanes) is 2. The van der Waals surface area contributed by atoms with Crippen LogP contribution in [0.5, 0.6) is 5.75 Å². The Morgan fingerprint density at radius 2 is 1.95 bits per heavy atom. The monoisotopic (exact) mass is 309 g/mol. The van der Waals surface area contributed by atoms with Gasteiger partial charge in [0.05, 0.1) is 6.61 Å². The van der Waals surface area contributed by atoms with Crippen LogP contribution in [0.2, 0.25) is 0 Å². The normalized spacial score (nSPS) is 11.4. The topological polar surface area (TPSA) is 36.9 Å². The quantitative estimate of drug-likeness (QED) is 0.432. The molecule has 1 aromatic rings. The third kappa shape index (κ3) is 7.29. The molecule has 0 bridgehead atoms. The summed E-state index contributed by atoms with van der Waals surface area (Å²) < 4.78 is 18.3. The van der Waals surface area contributed by atoms with Gasteiger partial charge in [0.15, 0.2) is 5.96 Å². The molecular weight excluding hydrogens is 281 g/mol. The minimum Gasteiger partial charge on any atom is -0.494 e. The predicted molar refractivity (Wildman–Crippen MR) is 90.0 cm³/mol. The van der Waals surface area contributed by atoms with Crippen LogP contribution in [-0.4, -0.2) is 44.7 Å². The van der Waals surface area contributed by atoms with Crippen LogP contribution < -0.4 is 10.1 Å². The molecule has 0 saturated carbocycles. The van der Waals surface area contributed by atoms with E-state index in [-0.39, 0.29) is 5.82 Å². The lowest BCUT2D eigenvalue weighted by Crippen LogP contribution is -2.39. The zero-order valence-corrected chi connectivity index (χ0v) is 13.9. The van der Waals surface area contributed by atoms with E-state index < -0.39 is 0 Å². The minimum atomic E-state index is -0.241. The van der Waals surface area contributed by atoms with Gasteiger partial charge in [0, 0.05) is 27.2 Å². The van der Waals surface area contributed by atoms with Crippen LogP contribution in [-0.2, 0) is 0 Å². The summed E-state index contributed by atoms with van der Waals surface area (Å²) in [5.41, 5.74) is 0. The van der Waals surface area contributed by atoms with E-state index in [1.165, 1.54) is 25.0 Å². The van der Waals surface area contributed by atoms with Gasteiger partial charge in [0.25, 0.3) is 0 Å². The molecule has 0 heterocycles. The Balaban J connectivity index is 2.12. The van der Waals surface area contributed by atoms with Crippen LogP contribution in [0.4, 0.5) is 4.39 Å².